The third-order valence-corrected chi connectivity index (χ3v) is 6.29. The van der Waals surface area contributed by atoms with Crippen LogP contribution in [0, 0.1) is 12.8 Å². The largest absolute Gasteiger partial charge is 0.489 e. The van der Waals surface area contributed by atoms with Crippen molar-refractivity contribution in [3.63, 3.8) is 0 Å². The van der Waals surface area contributed by atoms with Gasteiger partial charge in [-0.05, 0) is 51.7 Å². The molecule has 3 aromatic heterocycles. The van der Waals surface area contributed by atoms with Gasteiger partial charge in [0.1, 0.15) is 11.4 Å². The Bertz CT molecular complexity index is 1280. The number of nitrogens with zero attached hydrogens (tertiary/aromatic N) is 6. The topological polar surface area (TPSA) is 137 Å². The molecule has 3 aromatic rings. The van der Waals surface area contributed by atoms with Crippen molar-refractivity contribution >= 4 is 11.9 Å². The third kappa shape index (κ3) is 6.47. The highest BCUT2D eigenvalue weighted by Crippen LogP contribution is 2.31. The van der Waals surface area contributed by atoms with Gasteiger partial charge in [-0.3, -0.25) is 4.79 Å². The Morgan fingerprint density at radius 3 is 2.76 bits per heavy atom. The van der Waals surface area contributed by atoms with Crippen LogP contribution < -0.4 is 14.8 Å². The molecule has 0 spiro atoms. The van der Waals surface area contributed by atoms with Crippen molar-refractivity contribution in [2.45, 2.75) is 64.5 Å². The van der Waals surface area contributed by atoms with Gasteiger partial charge in [-0.2, -0.15) is 18.2 Å². The number of hydrogen-bond donors (Lipinski definition) is 2. The van der Waals surface area contributed by atoms with E-state index in [1.807, 2.05) is 0 Å². The number of carboxylic acids is 1. The van der Waals surface area contributed by atoms with Crippen molar-refractivity contribution in [2.24, 2.45) is 13.0 Å². The van der Waals surface area contributed by atoms with E-state index in [-0.39, 0.29) is 24.5 Å². The average Bonchev–Trinajstić information content (AvgIpc) is 3.24. The molecule has 2 N–H and O–H groups in total. The number of ether oxygens (including phenoxy) is 2. The highest BCUT2D eigenvalue weighted by Gasteiger charge is 2.38. The van der Waals surface area contributed by atoms with E-state index in [1.165, 1.54) is 12.3 Å². The van der Waals surface area contributed by atoms with Gasteiger partial charge in [-0.25, -0.2) is 14.6 Å². The zero-order valence-corrected chi connectivity index (χ0v) is 21.1. The van der Waals surface area contributed by atoms with Gasteiger partial charge in [0.2, 0.25) is 11.8 Å². The summed E-state index contributed by atoms with van der Waals surface area (Å²) in [6.45, 7) is 2.86. The maximum atomic E-state index is 12.8. The smallest absolute Gasteiger partial charge is 0.425 e. The second-order valence-electron chi connectivity index (χ2n) is 9.10. The first-order valence-corrected chi connectivity index (χ1v) is 12.1. The number of carboxylic acid groups (broad SMARTS) is 1. The highest BCUT2D eigenvalue weighted by molar-refractivity contribution is 5.70. The number of carbonyl (C=O) groups is 1. The summed E-state index contributed by atoms with van der Waals surface area (Å²) in [6, 6.07) is 4.77. The zero-order valence-electron chi connectivity index (χ0n) is 21.1. The molecule has 0 aromatic carbocycles. The third-order valence-electron chi connectivity index (χ3n) is 6.29. The summed E-state index contributed by atoms with van der Waals surface area (Å²) in [5.41, 5.74) is 2.30. The van der Waals surface area contributed by atoms with Gasteiger partial charge in [0.25, 0.3) is 0 Å². The summed E-state index contributed by atoms with van der Waals surface area (Å²) in [6.07, 6.45) is -2.73. The van der Waals surface area contributed by atoms with E-state index in [4.69, 9.17) is 9.47 Å². The molecule has 1 aliphatic carbocycles. The van der Waals surface area contributed by atoms with Crippen molar-refractivity contribution in [3.05, 3.63) is 35.8 Å². The van der Waals surface area contributed by atoms with Crippen LogP contribution in [0.4, 0.5) is 19.1 Å². The molecular weight excluding hydrogens is 507 g/mol. The predicted octanol–water partition coefficient (Wildman–Crippen LogP) is 3.94. The molecule has 1 fully saturated rings. The molecule has 1 saturated carbocycles. The highest BCUT2D eigenvalue weighted by atomic mass is 19.4. The average molecular weight is 536 g/mol. The van der Waals surface area contributed by atoms with Crippen LogP contribution in [0.2, 0.25) is 0 Å². The standard InChI is InChI=1S/C24H28F3N7O4/c1-13-19(38-16-6-4-5-15(11-16)22(35)36)8-7-17(30-13)21-18(34(3)33-32-21)12-29-23-28-10-9-20(31-23)37-14(2)24(25,26)27/h7-10,14-16H,4-6,11-12H2,1-3H3,(H,35,36)(H,28,29,31)/t14?,15-,16-/m0/s1. The molecule has 0 bridgehead atoms. The Morgan fingerprint density at radius 1 is 1.26 bits per heavy atom. The summed E-state index contributed by atoms with van der Waals surface area (Å²) in [7, 11) is 1.70. The van der Waals surface area contributed by atoms with E-state index in [1.54, 1.807) is 30.8 Å². The predicted molar refractivity (Wildman–Crippen MR) is 128 cm³/mol. The number of alkyl halides is 3. The second-order valence-corrected chi connectivity index (χ2v) is 9.10. The lowest BCUT2D eigenvalue weighted by atomic mass is 9.87. The molecule has 0 saturated heterocycles. The molecule has 1 unspecified atom stereocenters. The number of anilines is 1. The Balaban J connectivity index is 1.45. The van der Waals surface area contributed by atoms with Crippen LogP contribution in [-0.2, 0) is 18.4 Å². The Kier molecular flexibility index (Phi) is 7.97. The number of aromatic nitrogens is 6. The van der Waals surface area contributed by atoms with Gasteiger partial charge in [0, 0.05) is 19.3 Å². The monoisotopic (exact) mass is 535 g/mol. The Morgan fingerprint density at radius 2 is 2.05 bits per heavy atom. The Labute approximate surface area is 216 Å². The van der Waals surface area contributed by atoms with Crippen LogP contribution in [0.1, 0.15) is 44.0 Å². The number of nitrogens with one attached hydrogen (secondary N) is 1. The normalized spacial score (nSPS) is 18.6. The van der Waals surface area contributed by atoms with Crippen molar-refractivity contribution in [1.29, 1.82) is 0 Å². The summed E-state index contributed by atoms with van der Waals surface area (Å²) >= 11 is 0. The van der Waals surface area contributed by atoms with Crippen molar-refractivity contribution in [1.82, 2.24) is 29.9 Å². The van der Waals surface area contributed by atoms with Crippen LogP contribution in [0.25, 0.3) is 11.4 Å². The molecule has 1 aliphatic rings. The second kappa shape index (κ2) is 11.2. The van der Waals surface area contributed by atoms with Crippen molar-refractivity contribution < 1.29 is 32.5 Å². The summed E-state index contributed by atoms with van der Waals surface area (Å²) < 4.78 is 50.9. The molecule has 3 heterocycles. The van der Waals surface area contributed by atoms with Gasteiger partial charge >= 0.3 is 12.1 Å². The van der Waals surface area contributed by atoms with Crippen LogP contribution in [-0.4, -0.2) is 59.4 Å². The van der Waals surface area contributed by atoms with Crippen LogP contribution in [0.3, 0.4) is 0 Å². The summed E-state index contributed by atoms with van der Waals surface area (Å²) in [4.78, 5) is 24.0. The van der Waals surface area contributed by atoms with Gasteiger partial charge in [-0.15, -0.1) is 5.10 Å². The van der Waals surface area contributed by atoms with E-state index in [0.29, 0.717) is 41.4 Å². The van der Waals surface area contributed by atoms with E-state index < -0.39 is 24.2 Å². The minimum Gasteiger partial charge on any atom is -0.489 e. The molecule has 0 amide bonds. The summed E-state index contributed by atoms with van der Waals surface area (Å²) in [5.74, 6) is -0.764. The van der Waals surface area contributed by atoms with Crippen LogP contribution >= 0.6 is 0 Å². The van der Waals surface area contributed by atoms with Gasteiger partial charge < -0.3 is 19.9 Å². The quantitative estimate of drug-likeness (QED) is 0.414. The lowest BCUT2D eigenvalue weighted by Gasteiger charge is -2.27. The minimum absolute atomic E-state index is 0.0732. The fourth-order valence-electron chi connectivity index (χ4n) is 4.14. The molecule has 4 rings (SSSR count). The van der Waals surface area contributed by atoms with Gasteiger partial charge in [0.15, 0.2) is 6.10 Å². The van der Waals surface area contributed by atoms with Crippen LogP contribution in [0.5, 0.6) is 11.6 Å². The van der Waals surface area contributed by atoms with Crippen LogP contribution in [0.15, 0.2) is 24.4 Å². The number of halogens is 3. The fourth-order valence-corrected chi connectivity index (χ4v) is 4.14. The minimum atomic E-state index is -4.52. The zero-order chi connectivity index (χ0) is 27.4. The van der Waals surface area contributed by atoms with Crippen molar-refractivity contribution in [2.75, 3.05) is 5.32 Å². The van der Waals surface area contributed by atoms with Crippen molar-refractivity contribution in [3.8, 4) is 23.0 Å². The molecule has 204 valence electrons. The lowest BCUT2D eigenvalue weighted by Crippen LogP contribution is -2.31. The molecule has 0 aliphatic heterocycles. The number of aryl methyl sites for hydroxylation is 2. The lowest BCUT2D eigenvalue weighted by molar-refractivity contribution is -0.189. The van der Waals surface area contributed by atoms with Gasteiger partial charge in [-0.1, -0.05) is 5.21 Å². The first kappa shape index (κ1) is 27.1. The SMILES string of the molecule is Cc1nc(-c2nnn(C)c2CNc2nccc(OC(C)C(F)(F)F)n2)ccc1O[C@H]1CCC[C@H](C(=O)O)C1. The van der Waals surface area contributed by atoms with E-state index in [9.17, 15) is 23.1 Å². The molecule has 11 nitrogen and oxygen atoms in total. The molecule has 3 atom stereocenters. The van der Waals surface area contributed by atoms with E-state index in [0.717, 1.165) is 19.8 Å². The van der Waals surface area contributed by atoms with E-state index in [2.05, 4.69) is 30.6 Å². The first-order chi connectivity index (χ1) is 18.0. The number of hydrogen-bond acceptors (Lipinski definition) is 9. The molecule has 38 heavy (non-hydrogen) atoms. The summed E-state index contributed by atoms with van der Waals surface area (Å²) in [5, 5.41) is 20.6. The number of rotatable bonds is 9. The number of pyridine rings is 1. The Hall–Kier alpha value is -3.97. The molecular formula is C24H28F3N7O4. The first-order valence-electron chi connectivity index (χ1n) is 12.1. The maximum Gasteiger partial charge on any atom is 0.425 e. The number of aliphatic carboxylic acids is 1. The molecule has 0 radical (unpaired) electrons. The van der Waals surface area contributed by atoms with E-state index >= 15 is 0 Å². The maximum absolute atomic E-state index is 12.8. The molecule has 14 heteroatoms. The van der Waals surface area contributed by atoms with Gasteiger partial charge in [0.05, 0.1) is 35.6 Å². The fraction of sp³-hybridized carbons (Fsp3) is 0.500.